The molecular weight excluding hydrogens is 276 g/mol. The molecule has 0 amide bonds. The summed E-state index contributed by atoms with van der Waals surface area (Å²) in [6, 6.07) is 0. The van der Waals surface area contributed by atoms with Gasteiger partial charge in [0.2, 0.25) is 0 Å². The highest BCUT2D eigenvalue weighted by atomic mass is 32.1. The van der Waals surface area contributed by atoms with E-state index in [1.165, 1.54) is 0 Å². The molecule has 0 fully saturated rings. The molecule has 0 aliphatic heterocycles. The van der Waals surface area contributed by atoms with Crippen molar-refractivity contribution in [3.63, 3.8) is 0 Å². The zero-order valence-corrected chi connectivity index (χ0v) is 13.3. The fourth-order valence-electron chi connectivity index (χ4n) is 1.55. The van der Waals surface area contributed by atoms with Gasteiger partial charge < -0.3 is 19.5 Å². The molecule has 1 rings (SSSR count). The first kappa shape index (κ1) is 17.5. The number of thiazole rings is 1. The van der Waals surface area contributed by atoms with Crippen LogP contribution < -0.4 is 5.32 Å². The minimum atomic E-state index is 0.586. The molecule has 20 heavy (non-hydrogen) atoms. The van der Waals surface area contributed by atoms with Crippen LogP contribution in [0.15, 0.2) is 5.38 Å². The number of hydrogen-bond acceptors (Lipinski definition) is 6. The van der Waals surface area contributed by atoms with Crippen molar-refractivity contribution in [2.45, 2.75) is 32.9 Å². The van der Waals surface area contributed by atoms with E-state index < -0.39 is 0 Å². The first-order valence-electron chi connectivity index (χ1n) is 7.15. The van der Waals surface area contributed by atoms with Gasteiger partial charge in [0.15, 0.2) is 0 Å². The molecular formula is C14H26N2O3S. The van der Waals surface area contributed by atoms with E-state index in [9.17, 15) is 0 Å². The maximum Gasteiger partial charge on any atom is 0.107 e. The van der Waals surface area contributed by atoms with Crippen molar-refractivity contribution in [3.05, 3.63) is 16.1 Å². The average Bonchev–Trinajstić information content (AvgIpc) is 2.90. The van der Waals surface area contributed by atoms with Gasteiger partial charge in [-0.15, -0.1) is 11.3 Å². The van der Waals surface area contributed by atoms with Crippen molar-refractivity contribution in [1.29, 1.82) is 0 Å². The number of hydrogen-bond donors (Lipinski definition) is 1. The van der Waals surface area contributed by atoms with Crippen molar-refractivity contribution < 1.29 is 14.2 Å². The van der Waals surface area contributed by atoms with Crippen LogP contribution in [0.2, 0.25) is 0 Å². The summed E-state index contributed by atoms with van der Waals surface area (Å²) in [5.74, 6) is 0. The van der Waals surface area contributed by atoms with Gasteiger partial charge >= 0.3 is 0 Å². The number of methoxy groups -OCH3 is 1. The Morgan fingerprint density at radius 2 is 2.05 bits per heavy atom. The second kappa shape index (κ2) is 12.2. The molecule has 0 atom stereocenters. The quantitative estimate of drug-likeness (QED) is 0.566. The smallest absolute Gasteiger partial charge is 0.107 e. The zero-order valence-electron chi connectivity index (χ0n) is 12.5. The molecule has 0 unspecified atom stereocenters. The van der Waals surface area contributed by atoms with Gasteiger partial charge in [0.05, 0.1) is 25.5 Å². The molecule has 0 aliphatic rings. The average molecular weight is 302 g/mol. The summed E-state index contributed by atoms with van der Waals surface area (Å²) in [6.07, 6.45) is 2.05. The van der Waals surface area contributed by atoms with Gasteiger partial charge in [-0.25, -0.2) is 4.98 Å². The number of nitrogens with zero attached hydrogens (tertiary/aromatic N) is 1. The van der Waals surface area contributed by atoms with E-state index in [0.717, 1.165) is 36.6 Å². The molecule has 1 N–H and O–H groups in total. The predicted octanol–water partition coefficient (Wildman–Crippen LogP) is 2.21. The van der Waals surface area contributed by atoms with Gasteiger partial charge in [0, 0.05) is 32.2 Å². The maximum absolute atomic E-state index is 5.58. The number of nitrogens with one attached hydrogen (secondary N) is 1. The largest absolute Gasteiger partial charge is 0.382 e. The van der Waals surface area contributed by atoms with Crippen LogP contribution in [0.1, 0.15) is 30.5 Å². The van der Waals surface area contributed by atoms with Crippen molar-refractivity contribution in [3.8, 4) is 0 Å². The van der Waals surface area contributed by atoms with E-state index in [2.05, 4.69) is 22.6 Å². The molecule has 116 valence electrons. The van der Waals surface area contributed by atoms with Crippen LogP contribution in [0.3, 0.4) is 0 Å². The van der Waals surface area contributed by atoms with Gasteiger partial charge in [-0.05, 0) is 19.4 Å². The monoisotopic (exact) mass is 302 g/mol. The first-order chi connectivity index (χ1) is 9.86. The third-order valence-corrected chi connectivity index (χ3v) is 3.46. The summed E-state index contributed by atoms with van der Waals surface area (Å²) >= 11 is 1.69. The molecule has 0 spiro atoms. The lowest BCUT2D eigenvalue weighted by atomic mass is 10.4. The van der Waals surface area contributed by atoms with Crippen molar-refractivity contribution in [1.82, 2.24) is 10.3 Å². The summed E-state index contributed by atoms with van der Waals surface area (Å²) < 4.78 is 15.8. The summed E-state index contributed by atoms with van der Waals surface area (Å²) in [6.45, 7) is 7.35. The maximum atomic E-state index is 5.58. The lowest BCUT2D eigenvalue weighted by molar-refractivity contribution is 0.0479. The molecule has 6 heteroatoms. The highest BCUT2D eigenvalue weighted by Gasteiger charge is 2.01. The van der Waals surface area contributed by atoms with Crippen LogP contribution in [0.5, 0.6) is 0 Å². The van der Waals surface area contributed by atoms with Gasteiger partial charge in [-0.3, -0.25) is 0 Å². The Bertz CT molecular complexity index is 334. The fourth-order valence-corrected chi connectivity index (χ4v) is 2.30. The third-order valence-electron chi connectivity index (χ3n) is 2.56. The second-order valence-electron chi connectivity index (χ2n) is 4.42. The van der Waals surface area contributed by atoms with E-state index in [-0.39, 0.29) is 0 Å². The highest BCUT2D eigenvalue weighted by molar-refractivity contribution is 7.09. The molecule has 0 saturated carbocycles. The Hall–Kier alpha value is -0.530. The van der Waals surface area contributed by atoms with E-state index in [4.69, 9.17) is 14.2 Å². The Labute approximate surface area is 125 Å². The summed E-state index contributed by atoms with van der Waals surface area (Å²) in [7, 11) is 1.67. The Morgan fingerprint density at radius 1 is 1.20 bits per heavy atom. The molecule has 1 aromatic heterocycles. The van der Waals surface area contributed by atoms with Gasteiger partial charge in [0.25, 0.3) is 0 Å². The van der Waals surface area contributed by atoms with Gasteiger partial charge in [-0.1, -0.05) is 6.92 Å². The predicted molar refractivity (Wildman–Crippen MR) is 81.1 cm³/mol. The fraction of sp³-hybridized carbons (Fsp3) is 0.786. The normalized spacial score (nSPS) is 11.1. The number of rotatable bonds is 13. The molecule has 1 aromatic rings. The Kier molecular flexibility index (Phi) is 10.7. The van der Waals surface area contributed by atoms with Crippen molar-refractivity contribution in [2.24, 2.45) is 0 Å². The number of ether oxygens (including phenoxy) is 3. The standard InChI is InChI=1S/C14H26N2O3S/c1-3-5-15-10-14-16-13(12-20-14)11-19-7-4-6-18-9-8-17-2/h12,15H,3-11H2,1-2H3. The van der Waals surface area contributed by atoms with Crippen LogP contribution in [0, 0.1) is 0 Å². The zero-order chi connectivity index (χ0) is 14.5. The van der Waals surface area contributed by atoms with Crippen molar-refractivity contribution >= 4 is 11.3 Å². The van der Waals surface area contributed by atoms with Crippen LogP contribution in [-0.2, 0) is 27.4 Å². The molecule has 0 radical (unpaired) electrons. The third kappa shape index (κ3) is 8.60. The molecule has 0 aliphatic carbocycles. The Balaban J connectivity index is 1.99. The minimum Gasteiger partial charge on any atom is -0.382 e. The number of aromatic nitrogens is 1. The topological polar surface area (TPSA) is 52.6 Å². The molecule has 0 bridgehead atoms. The van der Waals surface area contributed by atoms with Crippen LogP contribution in [-0.4, -0.2) is 45.1 Å². The van der Waals surface area contributed by atoms with Gasteiger partial charge in [-0.2, -0.15) is 0 Å². The second-order valence-corrected chi connectivity index (χ2v) is 5.36. The van der Waals surface area contributed by atoms with Crippen LogP contribution in [0.4, 0.5) is 0 Å². The van der Waals surface area contributed by atoms with E-state index in [1.807, 2.05) is 0 Å². The van der Waals surface area contributed by atoms with Gasteiger partial charge in [0.1, 0.15) is 5.01 Å². The molecule has 0 aromatic carbocycles. The Morgan fingerprint density at radius 3 is 2.85 bits per heavy atom. The van der Waals surface area contributed by atoms with Crippen LogP contribution in [0.25, 0.3) is 0 Å². The highest BCUT2D eigenvalue weighted by Crippen LogP contribution is 2.10. The molecule has 1 heterocycles. The van der Waals surface area contributed by atoms with Crippen LogP contribution >= 0.6 is 11.3 Å². The lowest BCUT2D eigenvalue weighted by Gasteiger charge is -2.04. The summed E-state index contributed by atoms with van der Waals surface area (Å²) in [4.78, 5) is 4.52. The van der Waals surface area contributed by atoms with Crippen molar-refractivity contribution in [2.75, 3.05) is 40.1 Å². The van der Waals surface area contributed by atoms with E-state index in [1.54, 1.807) is 18.4 Å². The molecule has 5 nitrogen and oxygen atoms in total. The van der Waals surface area contributed by atoms with E-state index in [0.29, 0.717) is 33.0 Å². The first-order valence-corrected chi connectivity index (χ1v) is 8.03. The minimum absolute atomic E-state index is 0.586. The SMILES string of the molecule is CCCNCc1nc(COCCCOCCOC)cs1. The lowest BCUT2D eigenvalue weighted by Crippen LogP contribution is -2.13. The summed E-state index contributed by atoms with van der Waals surface area (Å²) in [5.41, 5.74) is 1.02. The summed E-state index contributed by atoms with van der Waals surface area (Å²) in [5, 5.41) is 6.54. The molecule has 0 saturated heterocycles. The van der Waals surface area contributed by atoms with E-state index >= 15 is 0 Å².